The topological polar surface area (TPSA) is 20.2 Å². The van der Waals surface area contributed by atoms with E-state index in [1.807, 2.05) is 0 Å². The Labute approximate surface area is 88.9 Å². The molecule has 1 nitrogen and oxygen atoms in total. The Hall–Kier alpha value is -0.0400. The van der Waals surface area contributed by atoms with Gasteiger partial charge in [0.1, 0.15) is 0 Å². The van der Waals surface area contributed by atoms with Gasteiger partial charge in [0, 0.05) is 0 Å². The predicted molar refractivity (Wildman–Crippen MR) is 61.3 cm³/mol. The lowest BCUT2D eigenvalue weighted by atomic mass is 9.92. The van der Waals surface area contributed by atoms with Crippen molar-refractivity contribution in [3.63, 3.8) is 0 Å². The number of hydrogen-bond acceptors (Lipinski definition) is 1. The summed E-state index contributed by atoms with van der Waals surface area (Å²) in [7, 11) is 0. The molecule has 1 heteroatoms. The van der Waals surface area contributed by atoms with Crippen LogP contribution in [0.4, 0.5) is 0 Å². The molecule has 0 aromatic rings. The standard InChI is InChI=1S/C13H26O/c1-11(2)6-5-8-12-7-3-4-9-13(14)10-12/h11-14H,3-10H2,1-2H3. The summed E-state index contributed by atoms with van der Waals surface area (Å²) < 4.78 is 0. The van der Waals surface area contributed by atoms with Gasteiger partial charge in [0.25, 0.3) is 0 Å². The van der Waals surface area contributed by atoms with Crippen molar-refractivity contribution in [1.82, 2.24) is 0 Å². The van der Waals surface area contributed by atoms with E-state index in [2.05, 4.69) is 13.8 Å². The highest BCUT2D eigenvalue weighted by Crippen LogP contribution is 2.27. The monoisotopic (exact) mass is 198 g/mol. The quantitative estimate of drug-likeness (QED) is 0.682. The van der Waals surface area contributed by atoms with Crippen molar-refractivity contribution in [2.75, 3.05) is 0 Å². The third-order valence-corrected chi connectivity index (χ3v) is 3.40. The van der Waals surface area contributed by atoms with Gasteiger partial charge >= 0.3 is 0 Å². The van der Waals surface area contributed by atoms with E-state index in [-0.39, 0.29) is 6.10 Å². The Morgan fingerprint density at radius 3 is 2.64 bits per heavy atom. The minimum Gasteiger partial charge on any atom is -0.393 e. The fraction of sp³-hybridized carbons (Fsp3) is 1.00. The van der Waals surface area contributed by atoms with E-state index in [1.54, 1.807) is 0 Å². The third-order valence-electron chi connectivity index (χ3n) is 3.40. The highest BCUT2D eigenvalue weighted by molar-refractivity contribution is 4.70. The van der Waals surface area contributed by atoms with Gasteiger partial charge in [0.15, 0.2) is 0 Å². The highest BCUT2D eigenvalue weighted by Gasteiger charge is 2.17. The smallest absolute Gasteiger partial charge is 0.0542 e. The van der Waals surface area contributed by atoms with E-state index in [0.29, 0.717) is 0 Å². The van der Waals surface area contributed by atoms with E-state index in [4.69, 9.17) is 0 Å². The fourth-order valence-corrected chi connectivity index (χ4v) is 2.51. The molecule has 1 fully saturated rings. The molecule has 1 aliphatic rings. The molecule has 1 N–H and O–H groups in total. The van der Waals surface area contributed by atoms with E-state index in [9.17, 15) is 5.11 Å². The Morgan fingerprint density at radius 2 is 1.93 bits per heavy atom. The number of aliphatic hydroxyl groups is 1. The van der Waals surface area contributed by atoms with E-state index in [0.717, 1.165) is 24.7 Å². The van der Waals surface area contributed by atoms with Crippen LogP contribution in [0.1, 0.15) is 65.2 Å². The first kappa shape index (κ1) is 12.0. The first-order valence-corrected chi connectivity index (χ1v) is 6.36. The molecule has 0 spiro atoms. The summed E-state index contributed by atoms with van der Waals surface area (Å²) in [5.74, 6) is 1.65. The molecular formula is C13H26O. The van der Waals surface area contributed by atoms with Gasteiger partial charge in [-0.15, -0.1) is 0 Å². The van der Waals surface area contributed by atoms with Crippen molar-refractivity contribution in [2.45, 2.75) is 71.3 Å². The molecule has 84 valence electrons. The number of rotatable bonds is 4. The van der Waals surface area contributed by atoms with Crippen LogP contribution in [0.3, 0.4) is 0 Å². The zero-order valence-corrected chi connectivity index (χ0v) is 9.84. The summed E-state index contributed by atoms with van der Waals surface area (Å²) in [5, 5.41) is 9.67. The summed E-state index contributed by atoms with van der Waals surface area (Å²) in [4.78, 5) is 0. The number of hydrogen-bond donors (Lipinski definition) is 1. The second-order valence-electron chi connectivity index (χ2n) is 5.36. The average molecular weight is 198 g/mol. The van der Waals surface area contributed by atoms with Crippen molar-refractivity contribution in [3.05, 3.63) is 0 Å². The lowest BCUT2D eigenvalue weighted by molar-refractivity contribution is 0.138. The molecule has 0 heterocycles. The maximum atomic E-state index is 9.67. The third kappa shape index (κ3) is 4.99. The first-order chi connectivity index (χ1) is 6.68. The molecule has 0 radical (unpaired) electrons. The van der Waals surface area contributed by atoms with Gasteiger partial charge in [-0.1, -0.05) is 52.4 Å². The minimum atomic E-state index is 0.00144. The molecule has 0 amide bonds. The van der Waals surface area contributed by atoms with E-state index in [1.165, 1.54) is 38.5 Å². The Balaban J connectivity index is 2.15. The van der Waals surface area contributed by atoms with Crippen LogP contribution >= 0.6 is 0 Å². The molecule has 14 heavy (non-hydrogen) atoms. The van der Waals surface area contributed by atoms with Crippen LogP contribution in [0.2, 0.25) is 0 Å². The molecule has 1 aliphatic carbocycles. The normalized spacial score (nSPS) is 29.1. The van der Waals surface area contributed by atoms with Crippen LogP contribution in [-0.2, 0) is 0 Å². The Morgan fingerprint density at radius 1 is 1.21 bits per heavy atom. The van der Waals surface area contributed by atoms with Gasteiger partial charge in [-0.25, -0.2) is 0 Å². The molecule has 0 aromatic heterocycles. The predicted octanol–water partition coefficient (Wildman–Crippen LogP) is 3.75. The lowest BCUT2D eigenvalue weighted by Gasteiger charge is -2.16. The molecule has 1 saturated carbocycles. The maximum Gasteiger partial charge on any atom is 0.0542 e. The van der Waals surface area contributed by atoms with E-state index >= 15 is 0 Å². The van der Waals surface area contributed by atoms with Crippen molar-refractivity contribution in [2.24, 2.45) is 11.8 Å². The average Bonchev–Trinajstić information content (AvgIpc) is 2.29. The number of aliphatic hydroxyl groups excluding tert-OH is 1. The summed E-state index contributed by atoms with van der Waals surface area (Å²) in [6, 6.07) is 0. The maximum absolute atomic E-state index is 9.67. The zero-order valence-electron chi connectivity index (χ0n) is 9.84. The molecule has 2 unspecified atom stereocenters. The molecular weight excluding hydrogens is 172 g/mol. The van der Waals surface area contributed by atoms with Crippen LogP contribution in [0, 0.1) is 11.8 Å². The summed E-state index contributed by atoms with van der Waals surface area (Å²) in [5.41, 5.74) is 0. The van der Waals surface area contributed by atoms with E-state index < -0.39 is 0 Å². The molecule has 0 aliphatic heterocycles. The van der Waals surface area contributed by atoms with Crippen LogP contribution in [0.15, 0.2) is 0 Å². The molecule has 0 bridgehead atoms. The summed E-state index contributed by atoms with van der Waals surface area (Å²) in [6.07, 6.45) is 10.1. The Bertz CT molecular complexity index is 142. The van der Waals surface area contributed by atoms with Crippen molar-refractivity contribution in [3.8, 4) is 0 Å². The van der Waals surface area contributed by atoms with Crippen LogP contribution < -0.4 is 0 Å². The van der Waals surface area contributed by atoms with Crippen LogP contribution in [-0.4, -0.2) is 11.2 Å². The SMILES string of the molecule is CC(C)CCCC1CCCCC(O)C1. The van der Waals surface area contributed by atoms with Crippen LogP contribution in [0.25, 0.3) is 0 Å². The molecule has 0 saturated heterocycles. The summed E-state index contributed by atoms with van der Waals surface area (Å²) >= 11 is 0. The summed E-state index contributed by atoms with van der Waals surface area (Å²) in [6.45, 7) is 4.59. The van der Waals surface area contributed by atoms with Crippen molar-refractivity contribution >= 4 is 0 Å². The van der Waals surface area contributed by atoms with Gasteiger partial charge in [-0.05, 0) is 24.7 Å². The van der Waals surface area contributed by atoms with Gasteiger partial charge in [0.2, 0.25) is 0 Å². The molecule has 1 rings (SSSR count). The highest BCUT2D eigenvalue weighted by atomic mass is 16.3. The van der Waals surface area contributed by atoms with Crippen LogP contribution in [0.5, 0.6) is 0 Å². The largest absolute Gasteiger partial charge is 0.393 e. The fourth-order valence-electron chi connectivity index (χ4n) is 2.51. The van der Waals surface area contributed by atoms with Gasteiger partial charge in [-0.2, -0.15) is 0 Å². The zero-order chi connectivity index (χ0) is 10.4. The van der Waals surface area contributed by atoms with Gasteiger partial charge in [0.05, 0.1) is 6.10 Å². The minimum absolute atomic E-state index is 0.00144. The lowest BCUT2D eigenvalue weighted by Crippen LogP contribution is -2.10. The second kappa shape index (κ2) is 6.44. The molecule has 0 aromatic carbocycles. The van der Waals surface area contributed by atoms with Crippen molar-refractivity contribution in [1.29, 1.82) is 0 Å². The van der Waals surface area contributed by atoms with Gasteiger partial charge < -0.3 is 5.11 Å². The Kier molecular flexibility index (Phi) is 5.54. The van der Waals surface area contributed by atoms with Crippen molar-refractivity contribution < 1.29 is 5.11 Å². The second-order valence-corrected chi connectivity index (χ2v) is 5.36. The van der Waals surface area contributed by atoms with Gasteiger partial charge in [-0.3, -0.25) is 0 Å². The molecule has 2 atom stereocenters. The first-order valence-electron chi connectivity index (χ1n) is 6.36.